The maximum Gasteiger partial charge on any atom is 0.0732 e. The standard InChI is InChI=1S/C57H41N/c1-2-15-39(16-3-1)46-21-10-13-28-55(46)58(42-32-29-41(30-33-42)45-25-14-19-38-17-4-6-20-44(38)45)43-34-36-50-51-35-31-40-18-5-7-22-47(40)56(51)57(54(50)37-43)52-26-11-8-23-48(52)49-24-9-12-27-53(49)57/h1-3,5,7-16,18-19,21-37H,4,6,17,20H2. The number of hydrogen-bond donors (Lipinski definition) is 0. The zero-order valence-electron chi connectivity index (χ0n) is 32.3. The van der Waals surface area contributed by atoms with Crippen molar-refractivity contribution >= 4 is 27.8 Å². The molecule has 12 rings (SSSR count). The summed E-state index contributed by atoms with van der Waals surface area (Å²) in [6.45, 7) is 0. The molecule has 0 bridgehead atoms. The van der Waals surface area contributed by atoms with Crippen LogP contribution in [0.15, 0.2) is 200 Å². The molecule has 0 heterocycles. The zero-order valence-corrected chi connectivity index (χ0v) is 32.3. The molecule has 1 heteroatoms. The predicted octanol–water partition coefficient (Wildman–Crippen LogP) is 14.9. The first kappa shape index (κ1) is 33.2. The lowest BCUT2D eigenvalue weighted by atomic mass is 9.69. The van der Waals surface area contributed by atoms with Crippen LogP contribution in [0, 0.1) is 0 Å². The molecule has 1 spiro atoms. The number of para-hydroxylation sites is 1. The third kappa shape index (κ3) is 4.77. The normalized spacial score (nSPS) is 14.1. The minimum Gasteiger partial charge on any atom is -0.310 e. The first-order chi connectivity index (χ1) is 28.8. The largest absolute Gasteiger partial charge is 0.310 e. The van der Waals surface area contributed by atoms with Crippen LogP contribution in [0.5, 0.6) is 0 Å². The topological polar surface area (TPSA) is 3.24 Å². The van der Waals surface area contributed by atoms with Gasteiger partial charge in [-0.3, -0.25) is 0 Å². The molecule has 0 fully saturated rings. The van der Waals surface area contributed by atoms with Gasteiger partial charge >= 0.3 is 0 Å². The third-order valence-corrected chi connectivity index (χ3v) is 13.3. The Morgan fingerprint density at radius 2 is 0.983 bits per heavy atom. The van der Waals surface area contributed by atoms with E-state index in [1.165, 1.54) is 108 Å². The van der Waals surface area contributed by atoms with Crippen molar-refractivity contribution in [3.63, 3.8) is 0 Å². The van der Waals surface area contributed by atoms with Gasteiger partial charge < -0.3 is 4.90 Å². The molecule has 0 atom stereocenters. The Hall–Kier alpha value is -6.96. The average Bonchev–Trinajstić information content (AvgIpc) is 3.77. The van der Waals surface area contributed by atoms with Crippen molar-refractivity contribution in [1.82, 2.24) is 0 Å². The van der Waals surface area contributed by atoms with E-state index in [0.717, 1.165) is 23.5 Å². The number of anilines is 3. The van der Waals surface area contributed by atoms with Gasteiger partial charge in [0.1, 0.15) is 0 Å². The van der Waals surface area contributed by atoms with Crippen LogP contribution in [0.25, 0.3) is 55.3 Å². The van der Waals surface area contributed by atoms with E-state index in [2.05, 4.69) is 205 Å². The lowest BCUT2D eigenvalue weighted by Crippen LogP contribution is -2.26. The maximum absolute atomic E-state index is 2.52. The highest BCUT2D eigenvalue weighted by atomic mass is 15.1. The average molecular weight is 740 g/mol. The van der Waals surface area contributed by atoms with Gasteiger partial charge in [-0.15, -0.1) is 0 Å². The molecular formula is C57H41N. The van der Waals surface area contributed by atoms with E-state index in [4.69, 9.17) is 0 Å². The van der Waals surface area contributed by atoms with E-state index >= 15 is 0 Å². The van der Waals surface area contributed by atoms with Gasteiger partial charge in [0.2, 0.25) is 0 Å². The zero-order chi connectivity index (χ0) is 38.2. The minimum atomic E-state index is -0.477. The molecule has 0 aromatic heterocycles. The summed E-state index contributed by atoms with van der Waals surface area (Å²) in [5.41, 5.74) is 21.8. The molecule has 0 unspecified atom stereocenters. The number of fused-ring (bicyclic) bond motifs is 13. The Kier molecular flexibility index (Phi) is 7.47. The van der Waals surface area contributed by atoms with E-state index < -0.39 is 5.41 Å². The lowest BCUT2D eigenvalue weighted by Gasteiger charge is -2.33. The molecule has 0 saturated heterocycles. The molecule has 0 saturated carbocycles. The van der Waals surface area contributed by atoms with Crippen molar-refractivity contribution in [2.24, 2.45) is 0 Å². The van der Waals surface area contributed by atoms with Gasteiger partial charge in [-0.05, 0) is 139 Å². The SMILES string of the molecule is c1ccc(-c2ccccc2N(c2ccc(-c3cccc4c3CCCC4)cc2)c2ccc3c(c2)C2(c4ccccc4-c4ccccc42)c2c-3ccc3ccccc23)cc1. The summed E-state index contributed by atoms with van der Waals surface area (Å²) in [5.74, 6) is 0. The van der Waals surface area contributed by atoms with Gasteiger partial charge in [-0.25, -0.2) is 0 Å². The second kappa shape index (κ2) is 13.0. The molecule has 0 aliphatic heterocycles. The first-order valence-electron chi connectivity index (χ1n) is 20.8. The number of aryl methyl sites for hydroxylation is 1. The second-order valence-corrected chi connectivity index (χ2v) is 16.2. The molecule has 0 radical (unpaired) electrons. The molecule has 58 heavy (non-hydrogen) atoms. The summed E-state index contributed by atoms with van der Waals surface area (Å²) in [7, 11) is 0. The maximum atomic E-state index is 2.52. The van der Waals surface area contributed by atoms with Crippen LogP contribution >= 0.6 is 0 Å². The highest BCUT2D eigenvalue weighted by molar-refractivity contribution is 6.04. The van der Waals surface area contributed by atoms with Crippen LogP contribution < -0.4 is 4.90 Å². The van der Waals surface area contributed by atoms with Crippen molar-refractivity contribution in [2.45, 2.75) is 31.1 Å². The number of hydrogen-bond acceptors (Lipinski definition) is 1. The lowest BCUT2D eigenvalue weighted by molar-refractivity contribution is 0.687. The van der Waals surface area contributed by atoms with Gasteiger partial charge in [0.15, 0.2) is 0 Å². The Morgan fingerprint density at radius 3 is 1.79 bits per heavy atom. The Bertz CT molecular complexity index is 3020. The Balaban J connectivity index is 1.12. The monoisotopic (exact) mass is 739 g/mol. The van der Waals surface area contributed by atoms with Gasteiger partial charge in [-0.1, -0.05) is 170 Å². The Morgan fingerprint density at radius 1 is 0.379 bits per heavy atom. The predicted molar refractivity (Wildman–Crippen MR) is 242 cm³/mol. The molecular weight excluding hydrogens is 699 g/mol. The van der Waals surface area contributed by atoms with Crippen molar-refractivity contribution in [2.75, 3.05) is 4.90 Å². The highest BCUT2D eigenvalue weighted by Crippen LogP contribution is 2.64. The Labute approximate surface area is 340 Å². The summed E-state index contributed by atoms with van der Waals surface area (Å²) in [6.07, 6.45) is 4.89. The van der Waals surface area contributed by atoms with Gasteiger partial charge in [0.25, 0.3) is 0 Å². The molecule has 9 aromatic rings. The number of benzene rings is 9. The van der Waals surface area contributed by atoms with E-state index in [1.54, 1.807) is 0 Å². The fraction of sp³-hybridized carbons (Fsp3) is 0.0877. The van der Waals surface area contributed by atoms with Crippen LogP contribution in [-0.2, 0) is 18.3 Å². The van der Waals surface area contributed by atoms with Crippen molar-refractivity contribution in [1.29, 1.82) is 0 Å². The second-order valence-electron chi connectivity index (χ2n) is 16.2. The molecule has 274 valence electrons. The first-order valence-corrected chi connectivity index (χ1v) is 20.8. The van der Waals surface area contributed by atoms with Gasteiger partial charge in [0.05, 0.1) is 11.1 Å². The van der Waals surface area contributed by atoms with Crippen molar-refractivity contribution in [3.05, 3.63) is 234 Å². The smallest absolute Gasteiger partial charge is 0.0732 e. The fourth-order valence-electron chi connectivity index (χ4n) is 10.8. The fourth-order valence-corrected chi connectivity index (χ4v) is 10.8. The van der Waals surface area contributed by atoms with Gasteiger partial charge in [0, 0.05) is 16.9 Å². The molecule has 3 aliphatic carbocycles. The summed E-state index contributed by atoms with van der Waals surface area (Å²) < 4.78 is 0. The number of nitrogens with zero attached hydrogens (tertiary/aromatic N) is 1. The van der Waals surface area contributed by atoms with E-state index in [1.807, 2.05) is 0 Å². The minimum absolute atomic E-state index is 0.477. The third-order valence-electron chi connectivity index (χ3n) is 13.3. The van der Waals surface area contributed by atoms with Crippen LogP contribution in [0.2, 0.25) is 0 Å². The van der Waals surface area contributed by atoms with Crippen molar-refractivity contribution in [3.8, 4) is 44.5 Å². The molecule has 0 amide bonds. The molecule has 9 aromatic carbocycles. The van der Waals surface area contributed by atoms with E-state index in [0.29, 0.717) is 0 Å². The van der Waals surface area contributed by atoms with Crippen LogP contribution in [0.1, 0.15) is 46.2 Å². The number of rotatable bonds is 5. The molecule has 1 nitrogen and oxygen atoms in total. The van der Waals surface area contributed by atoms with Crippen LogP contribution in [0.4, 0.5) is 17.1 Å². The van der Waals surface area contributed by atoms with Crippen LogP contribution in [0.3, 0.4) is 0 Å². The summed E-state index contributed by atoms with van der Waals surface area (Å²) in [5, 5.41) is 2.59. The molecule has 3 aliphatic rings. The molecule has 0 N–H and O–H groups in total. The summed E-state index contributed by atoms with van der Waals surface area (Å²) >= 11 is 0. The van der Waals surface area contributed by atoms with E-state index in [9.17, 15) is 0 Å². The van der Waals surface area contributed by atoms with Crippen LogP contribution in [-0.4, -0.2) is 0 Å². The summed E-state index contributed by atoms with van der Waals surface area (Å²) in [4.78, 5) is 2.49. The summed E-state index contributed by atoms with van der Waals surface area (Å²) in [6, 6.07) is 75.2. The quantitative estimate of drug-likeness (QED) is 0.170. The van der Waals surface area contributed by atoms with Crippen molar-refractivity contribution < 1.29 is 0 Å². The highest BCUT2D eigenvalue weighted by Gasteiger charge is 2.52. The van der Waals surface area contributed by atoms with E-state index in [-0.39, 0.29) is 0 Å². The van der Waals surface area contributed by atoms with Gasteiger partial charge in [-0.2, -0.15) is 0 Å².